The average Bonchev–Trinajstić information content (AvgIpc) is 2.46. The van der Waals surface area contributed by atoms with Crippen molar-refractivity contribution in [1.82, 2.24) is 4.57 Å². The lowest BCUT2D eigenvalue weighted by molar-refractivity contribution is 0.0696. The van der Waals surface area contributed by atoms with Gasteiger partial charge < -0.3 is 5.11 Å². The molecule has 0 bridgehead atoms. The monoisotopic (exact) mass is 271 g/mol. The average molecular weight is 271 g/mol. The largest absolute Gasteiger partial charge is 0.478 e. The standard InChI is InChI=1S/C16H17NO3/c1-2-3-4-12-5-8-14(9-6-12)17-11-13(16(19)20)7-10-15(17)18/h5-11H,2-4H2,1H3,(H,19,20). The van der Waals surface area contributed by atoms with E-state index in [1.165, 1.54) is 28.5 Å². The van der Waals surface area contributed by atoms with Crippen LogP contribution < -0.4 is 5.56 Å². The molecule has 1 heterocycles. The minimum atomic E-state index is -1.04. The van der Waals surface area contributed by atoms with Crippen molar-refractivity contribution >= 4 is 5.97 Å². The molecule has 0 fully saturated rings. The highest BCUT2D eigenvalue weighted by Crippen LogP contribution is 2.11. The topological polar surface area (TPSA) is 59.3 Å². The zero-order chi connectivity index (χ0) is 14.5. The first-order valence-electron chi connectivity index (χ1n) is 6.67. The van der Waals surface area contributed by atoms with Crippen molar-refractivity contribution in [2.75, 3.05) is 0 Å². The Morgan fingerprint density at radius 1 is 1.15 bits per heavy atom. The number of pyridine rings is 1. The Morgan fingerprint density at radius 2 is 1.85 bits per heavy atom. The van der Waals surface area contributed by atoms with Gasteiger partial charge in [0.05, 0.1) is 5.56 Å². The van der Waals surface area contributed by atoms with Crippen LogP contribution in [0.4, 0.5) is 0 Å². The van der Waals surface area contributed by atoms with Crippen LogP contribution in [0, 0.1) is 0 Å². The summed E-state index contributed by atoms with van der Waals surface area (Å²) in [7, 11) is 0. The second-order valence-corrected chi connectivity index (χ2v) is 4.70. The molecule has 1 aromatic carbocycles. The van der Waals surface area contributed by atoms with Gasteiger partial charge in [0.15, 0.2) is 0 Å². The Labute approximate surface area is 117 Å². The summed E-state index contributed by atoms with van der Waals surface area (Å²) in [5.41, 5.74) is 1.76. The van der Waals surface area contributed by atoms with E-state index in [9.17, 15) is 9.59 Å². The maximum absolute atomic E-state index is 11.8. The molecule has 20 heavy (non-hydrogen) atoms. The fraction of sp³-hybridized carbons (Fsp3) is 0.250. The number of carboxylic acid groups (broad SMARTS) is 1. The highest BCUT2D eigenvalue weighted by atomic mass is 16.4. The maximum Gasteiger partial charge on any atom is 0.337 e. The van der Waals surface area contributed by atoms with E-state index in [4.69, 9.17) is 5.11 Å². The van der Waals surface area contributed by atoms with E-state index in [0.29, 0.717) is 5.69 Å². The summed E-state index contributed by atoms with van der Waals surface area (Å²) in [6.45, 7) is 2.14. The Morgan fingerprint density at radius 3 is 2.45 bits per heavy atom. The van der Waals surface area contributed by atoms with Gasteiger partial charge in [0.25, 0.3) is 5.56 Å². The Hall–Kier alpha value is -2.36. The van der Waals surface area contributed by atoms with Crippen molar-refractivity contribution in [3.63, 3.8) is 0 Å². The van der Waals surface area contributed by atoms with Crippen LogP contribution in [0.1, 0.15) is 35.7 Å². The molecule has 0 unspecified atom stereocenters. The molecule has 4 nitrogen and oxygen atoms in total. The third kappa shape index (κ3) is 3.15. The van der Waals surface area contributed by atoms with Crippen LogP contribution in [0.5, 0.6) is 0 Å². The normalized spacial score (nSPS) is 10.4. The molecular weight excluding hydrogens is 254 g/mol. The van der Waals surface area contributed by atoms with Crippen LogP contribution in [-0.4, -0.2) is 15.6 Å². The van der Waals surface area contributed by atoms with Crippen LogP contribution in [0.3, 0.4) is 0 Å². The van der Waals surface area contributed by atoms with Crippen molar-refractivity contribution in [3.8, 4) is 5.69 Å². The molecule has 0 amide bonds. The predicted molar refractivity (Wildman–Crippen MR) is 77.6 cm³/mol. The summed E-state index contributed by atoms with van der Waals surface area (Å²) in [6, 6.07) is 10.2. The minimum absolute atomic E-state index is 0.0969. The van der Waals surface area contributed by atoms with Gasteiger partial charge in [0.2, 0.25) is 0 Å². The Balaban J connectivity index is 2.33. The van der Waals surface area contributed by atoms with Crippen molar-refractivity contribution in [3.05, 3.63) is 64.1 Å². The van der Waals surface area contributed by atoms with Crippen LogP contribution in [-0.2, 0) is 6.42 Å². The molecule has 0 aliphatic rings. The summed E-state index contributed by atoms with van der Waals surface area (Å²) >= 11 is 0. The van der Waals surface area contributed by atoms with Gasteiger partial charge in [0, 0.05) is 18.0 Å². The van der Waals surface area contributed by atoms with Crippen LogP contribution in [0.25, 0.3) is 5.69 Å². The Kier molecular flexibility index (Phi) is 4.35. The molecular formula is C16H17NO3. The van der Waals surface area contributed by atoms with E-state index in [2.05, 4.69) is 6.92 Å². The lowest BCUT2D eigenvalue weighted by Gasteiger charge is -2.07. The summed E-state index contributed by atoms with van der Waals surface area (Å²) in [5, 5.41) is 8.97. The zero-order valence-electron chi connectivity index (χ0n) is 11.4. The Bertz CT molecular complexity index is 656. The third-order valence-electron chi connectivity index (χ3n) is 3.19. The molecule has 2 aromatic rings. The molecule has 0 radical (unpaired) electrons. The number of aryl methyl sites for hydroxylation is 1. The first kappa shape index (κ1) is 14.1. The number of rotatable bonds is 5. The molecule has 0 atom stereocenters. The predicted octanol–water partition coefficient (Wildman–Crippen LogP) is 2.88. The molecule has 0 spiro atoms. The van der Waals surface area contributed by atoms with Crippen molar-refractivity contribution < 1.29 is 9.90 Å². The summed E-state index contributed by atoms with van der Waals surface area (Å²) in [4.78, 5) is 22.8. The van der Waals surface area contributed by atoms with Gasteiger partial charge in [0.1, 0.15) is 0 Å². The molecule has 0 saturated heterocycles. The quantitative estimate of drug-likeness (QED) is 0.909. The number of carboxylic acids is 1. The van der Waals surface area contributed by atoms with Crippen LogP contribution >= 0.6 is 0 Å². The molecule has 0 saturated carbocycles. The highest BCUT2D eigenvalue weighted by molar-refractivity contribution is 5.87. The smallest absolute Gasteiger partial charge is 0.337 e. The lowest BCUT2D eigenvalue weighted by atomic mass is 10.1. The number of unbranched alkanes of at least 4 members (excludes halogenated alkanes) is 1. The fourth-order valence-corrected chi connectivity index (χ4v) is 2.02. The maximum atomic E-state index is 11.8. The first-order valence-corrected chi connectivity index (χ1v) is 6.67. The van der Waals surface area contributed by atoms with Crippen molar-refractivity contribution in [1.29, 1.82) is 0 Å². The molecule has 1 aromatic heterocycles. The van der Waals surface area contributed by atoms with Gasteiger partial charge in [-0.25, -0.2) is 4.79 Å². The zero-order valence-corrected chi connectivity index (χ0v) is 11.4. The number of benzene rings is 1. The number of nitrogens with zero attached hydrogens (tertiary/aromatic N) is 1. The second kappa shape index (κ2) is 6.19. The van der Waals surface area contributed by atoms with Gasteiger partial charge in [-0.15, -0.1) is 0 Å². The van der Waals surface area contributed by atoms with Gasteiger partial charge in [-0.2, -0.15) is 0 Å². The number of aromatic carboxylic acids is 1. The van der Waals surface area contributed by atoms with Gasteiger partial charge in [-0.1, -0.05) is 25.5 Å². The van der Waals surface area contributed by atoms with E-state index < -0.39 is 5.97 Å². The fourth-order valence-electron chi connectivity index (χ4n) is 2.02. The van der Waals surface area contributed by atoms with Crippen LogP contribution in [0.15, 0.2) is 47.4 Å². The first-order chi connectivity index (χ1) is 9.61. The number of hydrogen-bond acceptors (Lipinski definition) is 2. The summed E-state index contributed by atoms with van der Waals surface area (Å²) < 4.78 is 1.35. The third-order valence-corrected chi connectivity index (χ3v) is 3.19. The SMILES string of the molecule is CCCCc1ccc(-n2cc(C(=O)O)ccc2=O)cc1. The molecule has 0 aliphatic carbocycles. The molecule has 1 N–H and O–H groups in total. The second-order valence-electron chi connectivity index (χ2n) is 4.70. The van der Waals surface area contributed by atoms with E-state index in [1.54, 1.807) is 0 Å². The van der Waals surface area contributed by atoms with E-state index in [1.807, 2.05) is 24.3 Å². The number of hydrogen-bond donors (Lipinski definition) is 1. The number of carbonyl (C=O) groups is 1. The van der Waals surface area contributed by atoms with Gasteiger partial charge in [-0.3, -0.25) is 9.36 Å². The van der Waals surface area contributed by atoms with Crippen LogP contribution in [0.2, 0.25) is 0 Å². The van der Waals surface area contributed by atoms with E-state index in [-0.39, 0.29) is 11.1 Å². The molecule has 4 heteroatoms. The van der Waals surface area contributed by atoms with E-state index >= 15 is 0 Å². The number of aromatic nitrogens is 1. The summed E-state index contributed by atoms with van der Waals surface area (Å²) in [5.74, 6) is -1.04. The summed E-state index contributed by atoms with van der Waals surface area (Å²) in [6.07, 6.45) is 4.64. The van der Waals surface area contributed by atoms with Gasteiger partial charge >= 0.3 is 5.97 Å². The molecule has 2 rings (SSSR count). The molecule has 104 valence electrons. The molecule has 0 aliphatic heterocycles. The highest BCUT2D eigenvalue weighted by Gasteiger charge is 2.06. The van der Waals surface area contributed by atoms with Crippen molar-refractivity contribution in [2.45, 2.75) is 26.2 Å². The van der Waals surface area contributed by atoms with E-state index in [0.717, 1.165) is 19.3 Å². The van der Waals surface area contributed by atoms with Gasteiger partial charge in [-0.05, 0) is 36.6 Å². The lowest BCUT2D eigenvalue weighted by Crippen LogP contribution is -2.18. The minimum Gasteiger partial charge on any atom is -0.478 e. The van der Waals surface area contributed by atoms with Crippen molar-refractivity contribution in [2.24, 2.45) is 0 Å².